The first kappa shape index (κ1) is 14.2. The van der Waals surface area contributed by atoms with Crippen LogP contribution in [0, 0.1) is 0 Å². The van der Waals surface area contributed by atoms with Gasteiger partial charge in [-0.3, -0.25) is 14.5 Å². The van der Waals surface area contributed by atoms with Crippen LogP contribution in [0.25, 0.3) is 0 Å². The Bertz CT molecular complexity index is 545. The van der Waals surface area contributed by atoms with Crippen LogP contribution in [0.5, 0.6) is 0 Å². The molecule has 5 nitrogen and oxygen atoms in total. The Labute approximate surface area is 124 Å². The molecule has 2 aliphatic heterocycles. The fourth-order valence-corrected chi connectivity index (χ4v) is 2.97. The van der Waals surface area contributed by atoms with E-state index in [1.807, 2.05) is 24.3 Å². The van der Waals surface area contributed by atoms with Crippen molar-refractivity contribution in [3.8, 4) is 0 Å². The molecule has 1 aromatic rings. The Morgan fingerprint density at radius 1 is 1.29 bits per heavy atom. The number of nitrogens with one attached hydrogen (secondary N) is 1. The minimum atomic E-state index is -0.425. The van der Waals surface area contributed by atoms with Crippen molar-refractivity contribution in [2.75, 3.05) is 19.7 Å². The van der Waals surface area contributed by atoms with E-state index in [0.29, 0.717) is 0 Å². The summed E-state index contributed by atoms with van der Waals surface area (Å²) < 4.78 is 5.61. The summed E-state index contributed by atoms with van der Waals surface area (Å²) in [7, 11) is 0. The number of amides is 1. The average molecular weight is 288 g/mol. The highest BCUT2D eigenvalue weighted by Crippen LogP contribution is 2.27. The molecule has 0 unspecified atom stereocenters. The zero-order valence-electron chi connectivity index (χ0n) is 12.2. The summed E-state index contributed by atoms with van der Waals surface area (Å²) in [5, 5.41) is 2.95. The highest BCUT2D eigenvalue weighted by molar-refractivity contribution is 5.94. The Morgan fingerprint density at radius 2 is 1.95 bits per heavy atom. The lowest BCUT2D eigenvalue weighted by atomic mass is 10.00. The minimum Gasteiger partial charge on any atom is -0.346 e. The maximum absolute atomic E-state index is 11.3. The largest absolute Gasteiger partial charge is 0.346 e. The van der Waals surface area contributed by atoms with E-state index in [1.54, 1.807) is 6.92 Å². The maximum Gasteiger partial charge on any atom is 0.248 e. The summed E-state index contributed by atoms with van der Waals surface area (Å²) in [5.41, 5.74) is 1.53. The lowest BCUT2D eigenvalue weighted by Gasteiger charge is -2.38. The molecule has 112 valence electrons. The predicted molar refractivity (Wildman–Crippen MR) is 77.8 cm³/mol. The zero-order chi connectivity index (χ0) is 14.9. The average Bonchev–Trinajstić information content (AvgIpc) is 2.83. The molecule has 2 aliphatic rings. The number of ether oxygens (including phenoxy) is 1. The number of carbonyl (C=O) groups excluding carboxylic acids is 2. The van der Waals surface area contributed by atoms with Gasteiger partial charge in [0.2, 0.25) is 5.91 Å². The van der Waals surface area contributed by atoms with Gasteiger partial charge in [-0.25, -0.2) is 0 Å². The Morgan fingerprint density at radius 3 is 2.48 bits per heavy atom. The fraction of sp³-hybridized carbons (Fsp3) is 0.500. The van der Waals surface area contributed by atoms with Crippen LogP contribution in [-0.4, -0.2) is 42.0 Å². The standard InChI is InChI=1S/C16H20N2O3/c1-12(19)14-4-2-13(3-5-14)10-18-8-6-16(7-9-18)17-15(20)11-21-16/h2-5H,6-11H2,1H3,(H,17,20). The molecule has 3 rings (SSSR count). The summed E-state index contributed by atoms with van der Waals surface area (Å²) in [5.74, 6) is 0.0823. The van der Waals surface area contributed by atoms with Gasteiger partial charge in [-0.15, -0.1) is 0 Å². The van der Waals surface area contributed by atoms with Gasteiger partial charge < -0.3 is 10.1 Å². The van der Waals surface area contributed by atoms with Crippen molar-refractivity contribution in [2.45, 2.75) is 32.0 Å². The highest BCUT2D eigenvalue weighted by Gasteiger charge is 2.41. The minimum absolute atomic E-state index is 0.0109. The second-order valence-corrected chi connectivity index (χ2v) is 5.86. The summed E-state index contributed by atoms with van der Waals surface area (Å²) in [6.45, 7) is 4.42. The number of ketones is 1. The third-order valence-corrected chi connectivity index (χ3v) is 4.28. The van der Waals surface area contributed by atoms with E-state index >= 15 is 0 Å². The quantitative estimate of drug-likeness (QED) is 0.853. The second-order valence-electron chi connectivity index (χ2n) is 5.86. The molecule has 0 aliphatic carbocycles. The Kier molecular flexibility index (Phi) is 3.78. The molecule has 21 heavy (non-hydrogen) atoms. The number of rotatable bonds is 3. The fourth-order valence-electron chi connectivity index (χ4n) is 2.97. The number of likely N-dealkylation sites (tertiary alicyclic amines) is 1. The number of benzene rings is 1. The van der Waals surface area contributed by atoms with Gasteiger partial charge in [-0.05, 0) is 12.5 Å². The van der Waals surface area contributed by atoms with Gasteiger partial charge in [-0.2, -0.15) is 0 Å². The first-order valence-corrected chi connectivity index (χ1v) is 7.34. The molecule has 1 aromatic carbocycles. The van der Waals surface area contributed by atoms with Crippen LogP contribution >= 0.6 is 0 Å². The Balaban J connectivity index is 1.55. The van der Waals surface area contributed by atoms with Crippen molar-refractivity contribution in [3.05, 3.63) is 35.4 Å². The molecule has 0 radical (unpaired) electrons. The molecule has 0 bridgehead atoms. The van der Waals surface area contributed by atoms with Gasteiger partial charge in [0.15, 0.2) is 5.78 Å². The summed E-state index contributed by atoms with van der Waals surface area (Å²) in [6.07, 6.45) is 1.65. The highest BCUT2D eigenvalue weighted by atomic mass is 16.5. The molecule has 0 aromatic heterocycles. The van der Waals surface area contributed by atoms with Crippen LogP contribution in [0.2, 0.25) is 0 Å². The molecule has 0 saturated carbocycles. The molecule has 5 heteroatoms. The van der Waals surface area contributed by atoms with Crippen LogP contribution in [0.4, 0.5) is 0 Å². The first-order valence-electron chi connectivity index (χ1n) is 7.34. The van der Waals surface area contributed by atoms with Crippen LogP contribution < -0.4 is 5.32 Å². The first-order chi connectivity index (χ1) is 10.1. The van der Waals surface area contributed by atoms with Crippen molar-refractivity contribution in [1.82, 2.24) is 10.2 Å². The SMILES string of the molecule is CC(=O)c1ccc(CN2CCC3(CC2)NC(=O)CO3)cc1. The van der Waals surface area contributed by atoms with E-state index in [2.05, 4.69) is 10.2 Å². The van der Waals surface area contributed by atoms with E-state index in [0.717, 1.165) is 38.0 Å². The van der Waals surface area contributed by atoms with Gasteiger partial charge in [0.05, 0.1) is 0 Å². The number of piperidine rings is 1. The summed E-state index contributed by atoms with van der Waals surface area (Å²) in [6, 6.07) is 7.77. The van der Waals surface area contributed by atoms with Crippen LogP contribution in [0.1, 0.15) is 35.7 Å². The molecular formula is C16H20N2O3. The van der Waals surface area contributed by atoms with Crippen molar-refractivity contribution >= 4 is 11.7 Å². The van der Waals surface area contributed by atoms with Crippen LogP contribution in [0.3, 0.4) is 0 Å². The maximum atomic E-state index is 11.3. The molecule has 0 atom stereocenters. The number of nitrogens with zero attached hydrogens (tertiary/aromatic N) is 1. The van der Waals surface area contributed by atoms with Crippen molar-refractivity contribution < 1.29 is 14.3 Å². The van der Waals surface area contributed by atoms with Gasteiger partial charge in [0, 0.05) is 38.0 Å². The van der Waals surface area contributed by atoms with Crippen molar-refractivity contribution in [3.63, 3.8) is 0 Å². The normalized spacial score (nSPS) is 21.5. The summed E-state index contributed by atoms with van der Waals surface area (Å²) >= 11 is 0. The molecular weight excluding hydrogens is 268 g/mol. The molecule has 1 N–H and O–H groups in total. The van der Waals surface area contributed by atoms with Crippen LogP contribution in [-0.2, 0) is 16.1 Å². The smallest absolute Gasteiger partial charge is 0.248 e. The van der Waals surface area contributed by atoms with Crippen molar-refractivity contribution in [1.29, 1.82) is 0 Å². The van der Waals surface area contributed by atoms with Crippen LogP contribution in [0.15, 0.2) is 24.3 Å². The Hall–Kier alpha value is -1.72. The van der Waals surface area contributed by atoms with Gasteiger partial charge >= 0.3 is 0 Å². The topological polar surface area (TPSA) is 58.6 Å². The van der Waals surface area contributed by atoms with Gasteiger partial charge in [0.1, 0.15) is 12.3 Å². The van der Waals surface area contributed by atoms with Crippen molar-refractivity contribution in [2.24, 2.45) is 0 Å². The lowest BCUT2D eigenvalue weighted by Crippen LogP contribution is -2.51. The molecule has 1 spiro atoms. The predicted octanol–water partition coefficient (Wildman–Crippen LogP) is 1.33. The van der Waals surface area contributed by atoms with E-state index in [4.69, 9.17) is 4.74 Å². The molecule has 1 amide bonds. The van der Waals surface area contributed by atoms with E-state index < -0.39 is 5.72 Å². The van der Waals surface area contributed by atoms with Gasteiger partial charge in [-0.1, -0.05) is 24.3 Å². The molecule has 2 saturated heterocycles. The second kappa shape index (κ2) is 5.58. The molecule has 2 fully saturated rings. The lowest BCUT2D eigenvalue weighted by molar-refractivity contribution is -0.119. The monoisotopic (exact) mass is 288 g/mol. The number of Topliss-reactive ketones (excluding diaryl/α,β-unsaturated/α-hetero) is 1. The number of carbonyl (C=O) groups is 2. The molecule has 2 heterocycles. The van der Waals surface area contributed by atoms with E-state index in [9.17, 15) is 9.59 Å². The number of hydrogen-bond acceptors (Lipinski definition) is 4. The number of hydrogen-bond donors (Lipinski definition) is 1. The van der Waals surface area contributed by atoms with Gasteiger partial charge in [0.25, 0.3) is 0 Å². The third-order valence-electron chi connectivity index (χ3n) is 4.28. The van der Waals surface area contributed by atoms with E-state index in [1.165, 1.54) is 5.56 Å². The third kappa shape index (κ3) is 3.14. The summed E-state index contributed by atoms with van der Waals surface area (Å²) in [4.78, 5) is 24.9. The van der Waals surface area contributed by atoms with E-state index in [-0.39, 0.29) is 18.3 Å². The zero-order valence-corrected chi connectivity index (χ0v) is 12.2.